The fourth-order valence-electron chi connectivity index (χ4n) is 4.94. The quantitative estimate of drug-likeness (QED) is 0.447. The lowest BCUT2D eigenvalue weighted by atomic mass is 9.95. The molecular weight excluding hydrogens is 506 g/mol. The highest BCUT2D eigenvalue weighted by Crippen LogP contribution is 2.25. The number of halogens is 1. The third kappa shape index (κ3) is 5.93. The van der Waals surface area contributed by atoms with Crippen molar-refractivity contribution in [1.29, 1.82) is 0 Å². The van der Waals surface area contributed by atoms with Gasteiger partial charge in [-0.1, -0.05) is 33.2 Å². The number of amides is 1. The van der Waals surface area contributed by atoms with Crippen molar-refractivity contribution in [2.75, 3.05) is 31.1 Å². The topological polar surface area (TPSA) is 74.5 Å². The van der Waals surface area contributed by atoms with E-state index >= 15 is 0 Å². The van der Waals surface area contributed by atoms with E-state index in [1.54, 1.807) is 0 Å². The van der Waals surface area contributed by atoms with Gasteiger partial charge in [0, 0.05) is 34.7 Å². The van der Waals surface area contributed by atoms with Crippen LogP contribution in [0.2, 0.25) is 0 Å². The maximum absolute atomic E-state index is 12.9. The summed E-state index contributed by atoms with van der Waals surface area (Å²) in [7, 11) is 0. The number of carbonyl (C=O) groups is 1. The van der Waals surface area contributed by atoms with Crippen LogP contribution in [0, 0.1) is 5.92 Å². The summed E-state index contributed by atoms with van der Waals surface area (Å²) in [6.45, 7) is 6.64. The molecule has 0 saturated carbocycles. The Kier molecular flexibility index (Phi) is 7.48. The minimum absolute atomic E-state index is 0.00332. The van der Waals surface area contributed by atoms with Gasteiger partial charge in [0.2, 0.25) is 17.6 Å². The molecule has 0 spiro atoms. The van der Waals surface area contributed by atoms with Crippen molar-refractivity contribution in [1.82, 2.24) is 20.4 Å². The molecule has 2 saturated heterocycles. The van der Waals surface area contributed by atoms with Crippen molar-refractivity contribution in [3.63, 3.8) is 0 Å². The van der Waals surface area contributed by atoms with Gasteiger partial charge in [-0.05, 0) is 87.7 Å². The van der Waals surface area contributed by atoms with Crippen LogP contribution >= 0.6 is 15.9 Å². The molecule has 1 aromatic heterocycles. The van der Waals surface area contributed by atoms with Gasteiger partial charge in [-0.25, -0.2) is 0 Å². The highest BCUT2D eigenvalue weighted by molar-refractivity contribution is 9.10. The van der Waals surface area contributed by atoms with E-state index in [4.69, 9.17) is 4.52 Å². The molecule has 1 amide bonds. The van der Waals surface area contributed by atoms with Crippen LogP contribution < -0.4 is 10.2 Å². The van der Waals surface area contributed by atoms with E-state index in [0.717, 1.165) is 54.6 Å². The van der Waals surface area contributed by atoms with Gasteiger partial charge in [-0.15, -0.1) is 0 Å². The number of piperidine rings is 1. The summed E-state index contributed by atoms with van der Waals surface area (Å²) in [5.41, 5.74) is 3.36. The standard InChI is InChI=1S/C27H32BrN5O2/c1-19(20-6-10-24(11-7-20)33-14-2-3-15-33)29-27(34)22-12-16-32(17-13-22)18-25-30-26(31-35-25)21-4-8-23(28)9-5-21/h4-11,19,22H,2-3,12-18H2,1H3,(H,29,34). The van der Waals surface area contributed by atoms with Crippen LogP contribution in [0.5, 0.6) is 0 Å². The Bertz CT molecular complexity index is 1120. The summed E-state index contributed by atoms with van der Waals surface area (Å²) in [5, 5.41) is 7.35. The second kappa shape index (κ2) is 10.9. The molecule has 2 aliphatic rings. The fourth-order valence-corrected chi connectivity index (χ4v) is 5.21. The zero-order valence-electron chi connectivity index (χ0n) is 20.1. The Hall–Kier alpha value is -2.71. The number of hydrogen-bond donors (Lipinski definition) is 1. The second-order valence-electron chi connectivity index (χ2n) is 9.59. The van der Waals surface area contributed by atoms with Crippen LogP contribution in [0.4, 0.5) is 5.69 Å². The number of likely N-dealkylation sites (tertiary alicyclic amines) is 1. The van der Waals surface area contributed by atoms with Gasteiger partial charge in [0.15, 0.2) is 0 Å². The Morgan fingerprint density at radius 2 is 1.74 bits per heavy atom. The third-order valence-corrected chi connectivity index (χ3v) is 7.64. The predicted molar refractivity (Wildman–Crippen MR) is 140 cm³/mol. The molecule has 3 heterocycles. The molecule has 1 atom stereocenters. The van der Waals surface area contributed by atoms with Crippen molar-refractivity contribution in [3.8, 4) is 11.4 Å². The Labute approximate surface area is 215 Å². The van der Waals surface area contributed by atoms with E-state index < -0.39 is 0 Å². The number of aromatic nitrogens is 2. The molecule has 2 aliphatic heterocycles. The van der Waals surface area contributed by atoms with E-state index in [-0.39, 0.29) is 17.9 Å². The largest absolute Gasteiger partial charge is 0.372 e. The molecule has 7 nitrogen and oxygen atoms in total. The minimum Gasteiger partial charge on any atom is -0.372 e. The molecule has 0 bridgehead atoms. The van der Waals surface area contributed by atoms with Gasteiger partial charge in [-0.2, -0.15) is 4.98 Å². The Morgan fingerprint density at radius 3 is 2.43 bits per heavy atom. The normalized spacial score (nSPS) is 18.1. The number of carbonyl (C=O) groups excluding carboxylic acids is 1. The van der Waals surface area contributed by atoms with Crippen LogP contribution in [0.1, 0.15) is 50.1 Å². The first-order valence-electron chi connectivity index (χ1n) is 12.5. The molecule has 3 aromatic rings. The first-order valence-corrected chi connectivity index (χ1v) is 13.3. The summed E-state index contributed by atoms with van der Waals surface area (Å²) >= 11 is 3.44. The maximum atomic E-state index is 12.9. The highest BCUT2D eigenvalue weighted by Gasteiger charge is 2.27. The number of hydrogen-bond acceptors (Lipinski definition) is 6. The van der Waals surface area contributed by atoms with Crippen LogP contribution in [0.3, 0.4) is 0 Å². The number of nitrogens with one attached hydrogen (secondary N) is 1. The smallest absolute Gasteiger partial charge is 0.241 e. The van der Waals surface area contributed by atoms with E-state index in [1.165, 1.54) is 18.5 Å². The molecule has 5 rings (SSSR count). The summed E-state index contributed by atoms with van der Waals surface area (Å²) < 4.78 is 6.49. The first-order chi connectivity index (χ1) is 17.0. The van der Waals surface area contributed by atoms with Crippen molar-refractivity contribution in [2.45, 2.75) is 45.2 Å². The van der Waals surface area contributed by atoms with Gasteiger partial charge in [0.1, 0.15) is 0 Å². The third-order valence-electron chi connectivity index (χ3n) is 7.11. The van der Waals surface area contributed by atoms with Gasteiger partial charge in [0.25, 0.3) is 0 Å². The van der Waals surface area contributed by atoms with Crippen LogP contribution in [-0.2, 0) is 11.3 Å². The minimum atomic E-state index is 0.00332. The number of rotatable bonds is 7. The zero-order chi connectivity index (χ0) is 24.2. The maximum Gasteiger partial charge on any atom is 0.241 e. The number of nitrogens with zero attached hydrogens (tertiary/aromatic N) is 4. The molecule has 35 heavy (non-hydrogen) atoms. The first kappa shape index (κ1) is 24.0. The van der Waals surface area contributed by atoms with E-state index in [2.05, 4.69) is 72.4 Å². The Balaban J connectivity index is 1.09. The summed E-state index contributed by atoms with van der Waals surface area (Å²) in [5.74, 6) is 1.40. The summed E-state index contributed by atoms with van der Waals surface area (Å²) in [4.78, 5) is 22.2. The van der Waals surface area contributed by atoms with E-state index in [1.807, 2.05) is 24.3 Å². The molecular formula is C27H32BrN5O2. The lowest BCUT2D eigenvalue weighted by Gasteiger charge is -2.31. The number of benzene rings is 2. The molecule has 184 valence electrons. The van der Waals surface area contributed by atoms with Crippen molar-refractivity contribution in [2.24, 2.45) is 5.92 Å². The van der Waals surface area contributed by atoms with Crippen LogP contribution in [0.25, 0.3) is 11.4 Å². The number of anilines is 1. The lowest BCUT2D eigenvalue weighted by Crippen LogP contribution is -2.40. The van der Waals surface area contributed by atoms with Gasteiger partial charge >= 0.3 is 0 Å². The molecule has 2 fully saturated rings. The van der Waals surface area contributed by atoms with Crippen molar-refractivity contribution < 1.29 is 9.32 Å². The average molecular weight is 538 g/mol. The molecule has 0 radical (unpaired) electrons. The van der Waals surface area contributed by atoms with Crippen LogP contribution in [-0.4, -0.2) is 47.1 Å². The summed E-state index contributed by atoms with van der Waals surface area (Å²) in [6.07, 6.45) is 4.21. The predicted octanol–water partition coefficient (Wildman–Crippen LogP) is 5.19. The average Bonchev–Trinajstić information content (AvgIpc) is 3.58. The molecule has 0 aliphatic carbocycles. The van der Waals surface area contributed by atoms with Gasteiger partial charge in [0.05, 0.1) is 12.6 Å². The molecule has 1 unspecified atom stereocenters. The fraction of sp³-hybridized carbons (Fsp3) is 0.444. The lowest BCUT2D eigenvalue weighted by molar-refractivity contribution is -0.127. The monoisotopic (exact) mass is 537 g/mol. The summed E-state index contributed by atoms with van der Waals surface area (Å²) in [6, 6.07) is 16.5. The van der Waals surface area contributed by atoms with Gasteiger partial charge in [-0.3, -0.25) is 9.69 Å². The SMILES string of the molecule is CC(NC(=O)C1CCN(Cc2nc(-c3ccc(Br)cc3)no2)CC1)c1ccc(N2CCCC2)cc1. The molecule has 2 aromatic carbocycles. The van der Waals surface area contributed by atoms with Crippen molar-refractivity contribution >= 4 is 27.5 Å². The highest BCUT2D eigenvalue weighted by atomic mass is 79.9. The van der Waals surface area contributed by atoms with E-state index in [0.29, 0.717) is 18.3 Å². The molecule has 8 heteroatoms. The van der Waals surface area contributed by atoms with E-state index in [9.17, 15) is 4.79 Å². The van der Waals surface area contributed by atoms with Gasteiger partial charge < -0.3 is 14.7 Å². The second-order valence-corrected chi connectivity index (χ2v) is 10.5. The zero-order valence-corrected chi connectivity index (χ0v) is 21.7. The van der Waals surface area contributed by atoms with Crippen LogP contribution in [0.15, 0.2) is 57.5 Å². The van der Waals surface area contributed by atoms with Crippen molar-refractivity contribution in [3.05, 3.63) is 64.5 Å². The Morgan fingerprint density at radius 1 is 1.06 bits per heavy atom. The molecule has 1 N–H and O–H groups in total.